The smallest absolute Gasteiger partial charge is 0.239 e. The number of methoxy groups -OCH3 is 1. The van der Waals surface area contributed by atoms with Crippen molar-refractivity contribution in [2.75, 3.05) is 19.1 Å². The first-order valence-electron chi connectivity index (χ1n) is 7.47. The molecule has 0 aliphatic heterocycles. The highest BCUT2D eigenvalue weighted by Gasteiger charge is 2.28. The summed E-state index contributed by atoms with van der Waals surface area (Å²) in [5.41, 5.74) is 6.04. The van der Waals surface area contributed by atoms with E-state index in [1.165, 1.54) is 19.1 Å². The van der Waals surface area contributed by atoms with Crippen LogP contribution in [-0.2, 0) is 16.0 Å². The van der Waals surface area contributed by atoms with E-state index in [1.54, 1.807) is 24.3 Å². The average molecular weight is 348 g/mol. The van der Waals surface area contributed by atoms with E-state index < -0.39 is 29.4 Å². The van der Waals surface area contributed by atoms with E-state index in [2.05, 4.69) is 0 Å². The lowest BCUT2D eigenvalue weighted by molar-refractivity contribution is -0.131. The molecule has 2 aromatic carbocycles. The fraction of sp³-hybridized carbons (Fsp3) is 0.222. The maximum absolute atomic E-state index is 13.3. The maximum atomic E-state index is 13.3. The van der Waals surface area contributed by atoms with E-state index >= 15 is 0 Å². The summed E-state index contributed by atoms with van der Waals surface area (Å²) < 4.78 is 31.7. The molecule has 5 nitrogen and oxygen atoms in total. The Kier molecular flexibility index (Phi) is 5.69. The number of amides is 2. The Hall–Kier alpha value is -2.96. The van der Waals surface area contributed by atoms with Crippen LogP contribution in [0.15, 0.2) is 42.5 Å². The summed E-state index contributed by atoms with van der Waals surface area (Å²) in [6, 6.07) is 9.49. The van der Waals surface area contributed by atoms with Crippen molar-refractivity contribution in [1.82, 2.24) is 0 Å². The van der Waals surface area contributed by atoms with Gasteiger partial charge in [-0.3, -0.25) is 9.59 Å². The number of benzene rings is 2. The molecule has 2 aromatic rings. The third-order valence-corrected chi connectivity index (χ3v) is 3.79. The van der Waals surface area contributed by atoms with Gasteiger partial charge in [0.2, 0.25) is 11.8 Å². The van der Waals surface area contributed by atoms with Gasteiger partial charge in [0.25, 0.3) is 0 Å². The van der Waals surface area contributed by atoms with Crippen molar-refractivity contribution < 1.29 is 23.1 Å². The molecule has 0 fully saturated rings. The fourth-order valence-electron chi connectivity index (χ4n) is 2.44. The first-order valence-corrected chi connectivity index (χ1v) is 7.47. The highest BCUT2D eigenvalue weighted by molar-refractivity contribution is 6.07. The van der Waals surface area contributed by atoms with E-state index in [4.69, 9.17) is 10.5 Å². The van der Waals surface area contributed by atoms with E-state index in [1.807, 2.05) is 0 Å². The third-order valence-electron chi connectivity index (χ3n) is 3.79. The van der Waals surface area contributed by atoms with Gasteiger partial charge in [-0.05, 0) is 48.4 Å². The lowest BCUT2D eigenvalue weighted by Crippen LogP contribution is -2.41. The highest BCUT2D eigenvalue weighted by Crippen LogP contribution is 2.21. The van der Waals surface area contributed by atoms with Crippen LogP contribution < -0.4 is 15.4 Å². The monoisotopic (exact) mass is 348 g/mol. The van der Waals surface area contributed by atoms with Crippen LogP contribution in [-0.4, -0.2) is 26.0 Å². The molecule has 132 valence electrons. The van der Waals surface area contributed by atoms with Crippen LogP contribution in [0.25, 0.3) is 0 Å². The van der Waals surface area contributed by atoms with Crippen molar-refractivity contribution in [2.45, 2.75) is 6.42 Å². The summed E-state index contributed by atoms with van der Waals surface area (Å²) in [7, 11) is 3.01. The molecule has 0 unspecified atom stereocenters. The number of carbonyl (C=O) groups excluding carboxylic acids is 2. The Morgan fingerprint density at radius 2 is 1.68 bits per heavy atom. The number of rotatable bonds is 6. The maximum Gasteiger partial charge on any atom is 0.239 e. The lowest BCUT2D eigenvalue weighted by Gasteiger charge is -2.22. The molecule has 0 saturated heterocycles. The second kappa shape index (κ2) is 7.74. The van der Waals surface area contributed by atoms with Gasteiger partial charge in [-0.15, -0.1) is 0 Å². The first-order chi connectivity index (χ1) is 11.8. The van der Waals surface area contributed by atoms with Crippen LogP contribution in [0, 0.1) is 17.6 Å². The molecule has 0 spiro atoms. The predicted octanol–water partition coefficient (Wildman–Crippen LogP) is 2.28. The van der Waals surface area contributed by atoms with Crippen LogP contribution in [0.3, 0.4) is 0 Å². The number of primary amides is 1. The lowest BCUT2D eigenvalue weighted by atomic mass is 9.97. The number of ether oxygens (including phenoxy) is 1. The van der Waals surface area contributed by atoms with Crippen LogP contribution in [0.1, 0.15) is 5.56 Å². The molecular weight excluding hydrogens is 330 g/mol. The second-order valence-corrected chi connectivity index (χ2v) is 5.53. The minimum Gasteiger partial charge on any atom is -0.497 e. The number of hydrogen-bond acceptors (Lipinski definition) is 3. The van der Waals surface area contributed by atoms with Crippen LogP contribution in [0.5, 0.6) is 5.75 Å². The standard InChI is InChI=1S/C18H18F2N2O3/c1-22(14-3-5-15(25-2)6-4-14)18(24)16(17(21)23)9-11-7-12(19)10-13(20)8-11/h3-8,10,16H,9H2,1-2H3,(H2,21,23)/t16-/m0/s1. The van der Waals surface area contributed by atoms with Crippen molar-refractivity contribution in [3.8, 4) is 5.75 Å². The molecule has 2 N–H and O–H groups in total. The van der Waals surface area contributed by atoms with Crippen molar-refractivity contribution in [3.63, 3.8) is 0 Å². The Bertz CT molecular complexity index is 758. The largest absolute Gasteiger partial charge is 0.497 e. The molecule has 0 saturated carbocycles. The topological polar surface area (TPSA) is 72.6 Å². The van der Waals surface area contributed by atoms with Gasteiger partial charge in [0.1, 0.15) is 23.3 Å². The van der Waals surface area contributed by atoms with Gasteiger partial charge in [0, 0.05) is 18.8 Å². The van der Waals surface area contributed by atoms with E-state index in [0.717, 1.165) is 12.1 Å². The summed E-state index contributed by atoms with van der Waals surface area (Å²) in [6.45, 7) is 0. The zero-order valence-electron chi connectivity index (χ0n) is 13.8. The molecule has 2 rings (SSSR count). The zero-order valence-corrected chi connectivity index (χ0v) is 13.8. The number of halogens is 2. The second-order valence-electron chi connectivity index (χ2n) is 5.53. The molecule has 0 radical (unpaired) electrons. The molecule has 0 aromatic heterocycles. The van der Waals surface area contributed by atoms with Crippen molar-refractivity contribution in [2.24, 2.45) is 11.7 Å². The number of nitrogens with zero attached hydrogens (tertiary/aromatic N) is 1. The SMILES string of the molecule is COc1ccc(N(C)C(=O)[C@@H](Cc2cc(F)cc(F)c2)C(N)=O)cc1. The van der Waals surface area contributed by atoms with Crippen molar-refractivity contribution in [3.05, 3.63) is 59.7 Å². The van der Waals surface area contributed by atoms with E-state index in [0.29, 0.717) is 17.5 Å². The van der Waals surface area contributed by atoms with Crippen molar-refractivity contribution >= 4 is 17.5 Å². The summed E-state index contributed by atoms with van der Waals surface area (Å²) in [5, 5.41) is 0. The average Bonchev–Trinajstić information content (AvgIpc) is 2.57. The summed E-state index contributed by atoms with van der Waals surface area (Å²) in [4.78, 5) is 25.6. The molecule has 0 aliphatic carbocycles. The Balaban J connectivity index is 2.22. The Morgan fingerprint density at radius 3 is 2.16 bits per heavy atom. The number of hydrogen-bond donors (Lipinski definition) is 1. The molecule has 0 heterocycles. The normalized spacial score (nSPS) is 11.7. The molecule has 2 amide bonds. The number of nitrogens with two attached hydrogens (primary N) is 1. The first kappa shape index (κ1) is 18.4. The summed E-state index contributed by atoms with van der Waals surface area (Å²) >= 11 is 0. The van der Waals surface area contributed by atoms with Crippen LogP contribution >= 0.6 is 0 Å². The summed E-state index contributed by atoms with van der Waals surface area (Å²) in [5.74, 6) is -3.62. The minimum atomic E-state index is -1.24. The number of anilines is 1. The minimum absolute atomic E-state index is 0.179. The van der Waals surface area contributed by atoms with Crippen LogP contribution in [0.4, 0.5) is 14.5 Å². The predicted molar refractivity (Wildman–Crippen MR) is 89.2 cm³/mol. The molecule has 7 heteroatoms. The van der Waals surface area contributed by atoms with E-state index in [-0.39, 0.29) is 12.0 Å². The van der Waals surface area contributed by atoms with Gasteiger partial charge < -0.3 is 15.4 Å². The van der Waals surface area contributed by atoms with Crippen LogP contribution in [0.2, 0.25) is 0 Å². The van der Waals surface area contributed by atoms with Gasteiger partial charge in [-0.25, -0.2) is 8.78 Å². The fourth-order valence-corrected chi connectivity index (χ4v) is 2.44. The molecule has 1 atom stereocenters. The number of carbonyl (C=O) groups is 2. The molecule has 0 bridgehead atoms. The van der Waals surface area contributed by atoms with Gasteiger partial charge in [-0.1, -0.05) is 0 Å². The van der Waals surface area contributed by atoms with Gasteiger partial charge in [0.05, 0.1) is 7.11 Å². The summed E-state index contributed by atoms with van der Waals surface area (Å²) in [6.07, 6.45) is -0.191. The molecular formula is C18H18F2N2O3. The third kappa shape index (κ3) is 4.53. The zero-order chi connectivity index (χ0) is 18.6. The Morgan fingerprint density at radius 1 is 1.12 bits per heavy atom. The molecule has 0 aliphatic rings. The van der Waals surface area contributed by atoms with Gasteiger partial charge >= 0.3 is 0 Å². The quantitative estimate of drug-likeness (QED) is 0.814. The Labute approximate surface area is 144 Å². The van der Waals surface area contributed by atoms with Gasteiger partial charge in [0.15, 0.2) is 0 Å². The van der Waals surface area contributed by atoms with Gasteiger partial charge in [-0.2, -0.15) is 0 Å². The highest BCUT2D eigenvalue weighted by atomic mass is 19.1. The van der Waals surface area contributed by atoms with Crippen molar-refractivity contribution in [1.29, 1.82) is 0 Å². The van der Waals surface area contributed by atoms with E-state index in [9.17, 15) is 18.4 Å². The molecule has 25 heavy (non-hydrogen) atoms.